The van der Waals surface area contributed by atoms with Crippen LogP contribution >= 0.6 is 0 Å². The van der Waals surface area contributed by atoms with Crippen molar-refractivity contribution in [1.29, 1.82) is 0 Å². The number of carbonyl (C=O) groups excluding carboxylic acids is 2. The molecule has 1 atom stereocenters. The van der Waals surface area contributed by atoms with Crippen LogP contribution in [-0.4, -0.2) is 56.7 Å². The Kier molecular flexibility index (Phi) is 5.38. The fourth-order valence-corrected chi connectivity index (χ4v) is 2.27. The molecule has 22 heavy (non-hydrogen) atoms. The van der Waals surface area contributed by atoms with Crippen LogP contribution in [0.1, 0.15) is 12.5 Å². The Balaban J connectivity index is 1.98. The van der Waals surface area contributed by atoms with Crippen LogP contribution in [-0.2, 0) is 16.0 Å². The predicted octanol–water partition coefficient (Wildman–Crippen LogP) is 1.25. The first-order valence-electron chi connectivity index (χ1n) is 7.47. The third kappa shape index (κ3) is 3.98. The molecular formula is C16H23N3O3. The summed E-state index contributed by atoms with van der Waals surface area (Å²) in [6.07, 6.45) is 0.767. The Morgan fingerprint density at radius 2 is 2.05 bits per heavy atom. The summed E-state index contributed by atoms with van der Waals surface area (Å²) in [6, 6.07) is 7.80. The van der Waals surface area contributed by atoms with Crippen molar-refractivity contribution >= 4 is 17.6 Å². The van der Waals surface area contributed by atoms with E-state index in [1.165, 1.54) is 10.5 Å². The molecule has 0 spiro atoms. The molecule has 1 saturated heterocycles. The molecule has 1 aromatic carbocycles. The molecule has 0 saturated carbocycles. The van der Waals surface area contributed by atoms with Crippen molar-refractivity contribution in [3.8, 4) is 0 Å². The first-order chi connectivity index (χ1) is 10.5. The first kappa shape index (κ1) is 16.3. The zero-order chi connectivity index (χ0) is 16.1. The number of nitrogens with zero attached hydrogens (tertiary/aromatic N) is 2. The van der Waals surface area contributed by atoms with E-state index in [0.717, 1.165) is 12.1 Å². The van der Waals surface area contributed by atoms with Crippen molar-refractivity contribution in [1.82, 2.24) is 10.2 Å². The molecule has 0 aliphatic carbocycles. The summed E-state index contributed by atoms with van der Waals surface area (Å²) >= 11 is 0. The number of hydrogen-bond acceptors (Lipinski definition) is 3. The van der Waals surface area contributed by atoms with Gasteiger partial charge in [0.1, 0.15) is 6.61 Å². The molecular weight excluding hydrogens is 282 g/mol. The largest absolute Gasteiger partial charge is 0.365 e. The predicted molar refractivity (Wildman–Crippen MR) is 85.0 cm³/mol. The lowest BCUT2D eigenvalue weighted by atomic mass is 10.1. The van der Waals surface area contributed by atoms with E-state index in [9.17, 15) is 9.59 Å². The molecule has 1 heterocycles. The summed E-state index contributed by atoms with van der Waals surface area (Å²) in [7, 11) is 3.37. The van der Waals surface area contributed by atoms with Crippen LogP contribution in [0.15, 0.2) is 24.3 Å². The maximum atomic E-state index is 12.0. The van der Waals surface area contributed by atoms with Crippen LogP contribution < -0.4 is 10.2 Å². The van der Waals surface area contributed by atoms with Gasteiger partial charge in [-0.05, 0) is 24.1 Å². The Morgan fingerprint density at radius 1 is 1.36 bits per heavy atom. The van der Waals surface area contributed by atoms with Crippen LogP contribution in [0.5, 0.6) is 0 Å². The molecule has 1 unspecified atom stereocenters. The van der Waals surface area contributed by atoms with Crippen LogP contribution in [0.25, 0.3) is 0 Å². The highest BCUT2D eigenvalue weighted by atomic mass is 16.5. The molecule has 6 nitrogen and oxygen atoms in total. The molecule has 0 aromatic heterocycles. The summed E-state index contributed by atoms with van der Waals surface area (Å²) in [5, 5.41) is 2.78. The monoisotopic (exact) mass is 305 g/mol. The van der Waals surface area contributed by atoms with Crippen LogP contribution in [0.2, 0.25) is 0 Å². The minimum Gasteiger partial charge on any atom is -0.365 e. The Hall–Kier alpha value is -2.08. The van der Waals surface area contributed by atoms with Crippen LogP contribution in [0, 0.1) is 0 Å². The van der Waals surface area contributed by atoms with E-state index in [0.29, 0.717) is 13.1 Å². The first-order valence-corrected chi connectivity index (χ1v) is 7.47. The van der Waals surface area contributed by atoms with Crippen molar-refractivity contribution in [2.24, 2.45) is 0 Å². The number of aryl methyl sites for hydroxylation is 1. The van der Waals surface area contributed by atoms with E-state index >= 15 is 0 Å². The molecule has 6 heteroatoms. The number of anilines is 1. The maximum absolute atomic E-state index is 12.0. The number of amides is 3. The van der Waals surface area contributed by atoms with Crippen molar-refractivity contribution < 1.29 is 14.3 Å². The van der Waals surface area contributed by atoms with E-state index < -0.39 is 0 Å². The number of urea groups is 1. The zero-order valence-corrected chi connectivity index (χ0v) is 13.3. The fraction of sp³-hybridized carbons (Fsp3) is 0.500. The van der Waals surface area contributed by atoms with Gasteiger partial charge in [0.05, 0.1) is 12.6 Å². The smallest absolute Gasteiger partial charge is 0.316 e. The van der Waals surface area contributed by atoms with Gasteiger partial charge in [0.15, 0.2) is 0 Å². The van der Waals surface area contributed by atoms with Gasteiger partial charge in [-0.15, -0.1) is 0 Å². The lowest BCUT2D eigenvalue weighted by Crippen LogP contribution is -2.51. The van der Waals surface area contributed by atoms with Gasteiger partial charge in [-0.1, -0.05) is 19.1 Å². The van der Waals surface area contributed by atoms with E-state index in [2.05, 4.69) is 12.2 Å². The summed E-state index contributed by atoms with van der Waals surface area (Å²) in [4.78, 5) is 26.8. The normalized spacial score (nSPS) is 18.2. The SMILES string of the molecule is CCc1ccc(N2CC(CNC(=O)N(C)C)OCC2=O)cc1. The number of nitrogens with one attached hydrogen (secondary N) is 1. The van der Waals surface area contributed by atoms with Crippen molar-refractivity contribution in [2.45, 2.75) is 19.4 Å². The Labute approximate surface area is 131 Å². The van der Waals surface area contributed by atoms with Gasteiger partial charge in [-0.2, -0.15) is 0 Å². The molecule has 0 bridgehead atoms. The molecule has 1 aromatic rings. The fourth-order valence-electron chi connectivity index (χ4n) is 2.27. The molecule has 0 radical (unpaired) electrons. The zero-order valence-electron chi connectivity index (χ0n) is 13.3. The van der Waals surface area contributed by atoms with Crippen molar-refractivity contribution in [3.05, 3.63) is 29.8 Å². The second-order valence-electron chi connectivity index (χ2n) is 5.54. The molecule has 1 aliphatic heterocycles. The summed E-state index contributed by atoms with van der Waals surface area (Å²) in [6.45, 7) is 2.96. The number of benzene rings is 1. The molecule has 1 fully saturated rings. The van der Waals surface area contributed by atoms with Crippen molar-refractivity contribution in [3.63, 3.8) is 0 Å². The highest BCUT2D eigenvalue weighted by Gasteiger charge is 2.27. The Bertz CT molecular complexity index is 528. The minimum absolute atomic E-state index is 0.0397. The maximum Gasteiger partial charge on any atom is 0.316 e. The standard InChI is InChI=1S/C16H23N3O3/c1-4-12-5-7-13(8-6-12)19-10-14(22-11-15(19)20)9-17-16(21)18(2)3/h5-8,14H,4,9-11H2,1-3H3,(H,17,21). The number of rotatable bonds is 4. The summed E-state index contributed by atoms with van der Waals surface area (Å²) in [5.41, 5.74) is 2.11. The van der Waals surface area contributed by atoms with Gasteiger partial charge in [0.2, 0.25) is 0 Å². The van der Waals surface area contributed by atoms with Gasteiger partial charge in [-0.25, -0.2) is 4.79 Å². The molecule has 2 rings (SSSR count). The summed E-state index contributed by atoms with van der Waals surface area (Å²) in [5.74, 6) is -0.0561. The molecule has 3 amide bonds. The highest BCUT2D eigenvalue weighted by molar-refractivity contribution is 5.95. The average Bonchev–Trinajstić information content (AvgIpc) is 2.53. The lowest BCUT2D eigenvalue weighted by Gasteiger charge is -2.33. The van der Waals surface area contributed by atoms with Crippen LogP contribution in [0.3, 0.4) is 0 Å². The van der Waals surface area contributed by atoms with Gasteiger partial charge in [0, 0.05) is 26.3 Å². The molecule has 1 aliphatic rings. The van der Waals surface area contributed by atoms with E-state index in [1.807, 2.05) is 24.3 Å². The quantitative estimate of drug-likeness (QED) is 0.911. The van der Waals surface area contributed by atoms with Crippen LogP contribution in [0.4, 0.5) is 10.5 Å². The second kappa shape index (κ2) is 7.26. The molecule has 1 N–H and O–H groups in total. The van der Waals surface area contributed by atoms with Crippen molar-refractivity contribution in [2.75, 3.05) is 38.7 Å². The number of morpholine rings is 1. The van der Waals surface area contributed by atoms with Gasteiger partial charge in [-0.3, -0.25) is 4.79 Å². The molecule has 120 valence electrons. The van der Waals surface area contributed by atoms with Gasteiger partial charge >= 0.3 is 6.03 Å². The minimum atomic E-state index is -0.201. The van der Waals surface area contributed by atoms with E-state index in [1.54, 1.807) is 19.0 Å². The summed E-state index contributed by atoms with van der Waals surface area (Å²) < 4.78 is 5.49. The Morgan fingerprint density at radius 3 is 2.64 bits per heavy atom. The topological polar surface area (TPSA) is 61.9 Å². The number of carbonyl (C=O) groups is 2. The lowest BCUT2D eigenvalue weighted by molar-refractivity contribution is -0.129. The number of ether oxygens (including phenoxy) is 1. The third-order valence-electron chi connectivity index (χ3n) is 3.67. The van der Waals surface area contributed by atoms with E-state index in [-0.39, 0.29) is 24.6 Å². The van der Waals surface area contributed by atoms with Gasteiger partial charge in [0.25, 0.3) is 5.91 Å². The average molecular weight is 305 g/mol. The van der Waals surface area contributed by atoms with Gasteiger partial charge < -0.3 is 19.9 Å². The highest BCUT2D eigenvalue weighted by Crippen LogP contribution is 2.19. The second-order valence-corrected chi connectivity index (χ2v) is 5.54. The third-order valence-corrected chi connectivity index (χ3v) is 3.67. The van der Waals surface area contributed by atoms with E-state index in [4.69, 9.17) is 4.74 Å². The number of hydrogen-bond donors (Lipinski definition) is 1.